The van der Waals surface area contributed by atoms with Gasteiger partial charge in [-0.1, -0.05) is 22.0 Å². The predicted octanol–water partition coefficient (Wildman–Crippen LogP) is 3.41. The second kappa shape index (κ2) is 4.38. The monoisotopic (exact) mass is 281 g/mol. The molecule has 2 aliphatic rings. The van der Waals surface area contributed by atoms with E-state index in [1.807, 2.05) is 0 Å². The topological polar surface area (TPSA) is 21.3 Å². The molecule has 0 radical (unpaired) electrons. The van der Waals surface area contributed by atoms with Crippen molar-refractivity contribution in [1.82, 2.24) is 5.32 Å². The van der Waals surface area contributed by atoms with Gasteiger partial charge in [0.25, 0.3) is 0 Å². The minimum atomic E-state index is 0.484. The van der Waals surface area contributed by atoms with Crippen LogP contribution in [0.5, 0.6) is 5.75 Å². The molecule has 0 spiro atoms. The first-order chi connectivity index (χ1) is 7.83. The molecular weight excluding hydrogens is 266 g/mol. The van der Waals surface area contributed by atoms with Crippen molar-refractivity contribution in [2.45, 2.75) is 37.8 Å². The van der Waals surface area contributed by atoms with E-state index in [-0.39, 0.29) is 0 Å². The molecule has 1 heterocycles. The summed E-state index contributed by atoms with van der Waals surface area (Å²) < 4.78 is 6.89. The zero-order chi connectivity index (χ0) is 11.0. The summed E-state index contributed by atoms with van der Waals surface area (Å²) in [5.74, 6) is 1.05. The average molecular weight is 282 g/mol. The van der Waals surface area contributed by atoms with Gasteiger partial charge in [0, 0.05) is 22.1 Å². The molecule has 3 rings (SSSR count). The van der Waals surface area contributed by atoms with Gasteiger partial charge >= 0.3 is 0 Å². The van der Waals surface area contributed by atoms with E-state index in [1.54, 1.807) is 0 Å². The first-order valence-corrected chi connectivity index (χ1v) is 6.80. The van der Waals surface area contributed by atoms with Gasteiger partial charge in [-0.05, 0) is 37.8 Å². The smallest absolute Gasteiger partial charge is 0.125 e. The van der Waals surface area contributed by atoms with Gasteiger partial charge in [0.1, 0.15) is 5.75 Å². The van der Waals surface area contributed by atoms with Crippen molar-refractivity contribution in [3.8, 4) is 5.75 Å². The van der Waals surface area contributed by atoms with E-state index in [2.05, 4.69) is 39.4 Å². The molecule has 3 heteroatoms. The Morgan fingerprint density at radius 2 is 2.12 bits per heavy atom. The lowest BCUT2D eigenvalue weighted by Gasteiger charge is -2.18. The van der Waals surface area contributed by atoms with Gasteiger partial charge in [0.15, 0.2) is 0 Å². The fourth-order valence-corrected chi connectivity index (χ4v) is 2.59. The molecule has 0 amide bonds. The first-order valence-electron chi connectivity index (χ1n) is 6.01. The lowest BCUT2D eigenvalue weighted by atomic mass is 10.0. The van der Waals surface area contributed by atoms with E-state index in [9.17, 15) is 0 Å². The standard InChI is InChI=1S/C13H16BrNO/c14-9-3-6-11-12(15-10-4-5-10)2-1-7-16-13(11)8-9/h3,6,8,10,12,15H,1-2,4-5,7H2. The lowest BCUT2D eigenvalue weighted by molar-refractivity contribution is 0.315. The van der Waals surface area contributed by atoms with Gasteiger partial charge in [0.2, 0.25) is 0 Å². The summed E-state index contributed by atoms with van der Waals surface area (Å²) in [5, 5.41) is 3.71. The fraction of sp³-hybridized carbons (Fsp3) is 0.538. The Kier molecular flexibility index (Phi) is 2.90. The third-order valence-electron chi connectivity index (χ3n) is 3.26. The Hall–Kier alpha value is -0.540. The number of benzene rings is 1. The van der Waals surface area contributed by atoms with Crippen LogP contribution in [0.15, 0.2) is 22.7 Å². The Labute approximate surface area is 105 Å². The molecule has 16 heavy (non-hydrogen) atoms. The minimum Gasteiger partial charge on any atom is -0.493 e. The Balaban J connectivity index is 1.89. The molecule has 1 atom stereocenters. The van der Waals surface area contributed by atoms with Crippen molar-refractivity contribution in [2.24, 2.45) is 0 Å². The molecule has 1 N–H and O–H groups in total. The molecular formula is C13H16BrNO. The molecule has 1 unspecified atom stereocenters. The summed E-state index contributed by atoms with van der Waals surface area (Å²) in [4.78, 5) is 0. The highest BCUT2D eigenvalue weighted by molar-refractivity contribution is 9.10. The number of hydrogen-bond acceptors (Lipinski definition) is 2. The summed E-state index contributed by atoms with van der Waals surface area (Å²) in [5.41, 5.74) is 1.33. The summed E-state index contributed by atoms with van der Waals surface area (Å²) >= 11 is 3.50. The van der Waals surface area contributed by atoms with Crippen LogP contribution in [-0.4, -0.2) is 12.6 Å². The van der Waals surface area contributed by atoms with E-state index in [0.29, 0.717) is 6.04 Å². The maximum absolute atomic E-state index is 5.79. The van der Waals surface area contributed by atoms with Crippen LogP contribution in [0.3, 0.4) is 0 Å². The van der Waals surface area contributed by atoms with Crippen LogP contribution in [0.4, 0.5) is 0 Å². The second-order valence-corrected chi connectivity index (χ2v) is 5.58. The zero-order valence-corrected chi connectivity index (χ0v) is 10.8. The maximum atomic E-state index is 5.79. The zero-order valence-electron chi connectivity index (χ0n) is 9.21. The van der Waals surface area contributed by atoms with Crippen LogP contribution in [-0.2, 0) is 0 Å². The average Bonchev–Trinajstić information content (AvgIpc) is 3.07. The molecule has 1 saturated carbocycles. The van der Waals surface area contributed by atoms with Crippen molar-refractivity contribution in [1.29, 1.82) is 0 Å². The minimum absolute atomic E-state index is 0.484. The summed E-state index contributed by atoms with van der Waals surface area (Å²) in [6, 6.07) is 7.61. The van der Waals surface area contributed by atoms with Crippen molar-refractivity contribution < 1.29 is 4.74 Å². The van der Waals surface area contributed by atoms with Crippen molar-refractivity contribution in [2.75, 3.05) is 6.61 Å². The van der Waals surface area contributed by atoms with Gasteiger partial charge in [-0.3, -0.25) is 0 Å². The van der Waals surface area contributed by atoms with Crippen molar-refractivity contribution >= 4 is 15.9 Å². The number of halogens is 1. The highest BCUT2D eigenvalue weighted by Gasteiger charge is 2.27. The maximum Gasteiger partial charge on any atom is 0.125 e. The highest BCUT2D eigenvalue weighted by atomic mass is 79.9. The number of ether oxygens (including phenoxy) is 1. The van der Waals surface area contributed by atoms with Crippen LogP contribution < -0.4 is 10.1 Å². The molecule has 2 nitrogen and oxygen atoms in total. The summed E-state index contributed by atoms with van der Waals surface area (Å²) in [6.45, 7) is 0.840. The van der Waals surface area contributed by atoms with Gasteiger partial charge in [-0.2, -0.15) is 0 Å². The van der Waals surface area contributed by atoms with Crippen LogP contribution in [0.1, 0.15) is 37.3 Å². The van der Waals surface area contributed by atoms with Gasteiger partial charge in [-0.25, -0.2) is 0 Å². The van der Waals surface area contributed by atoms with Crippen LogP contribution >= 0.6 is 15.9 Å². The van der Waals surface area contributed by atoms with Gasteiger partial charge < -0.3 is 10.1 Å². The Bertz CT molecular complexity index is 390. The van der Waals surface area contributed by atoms with Gasteiger partial charge in [0.05, 0.1) is 6.61 Å². The molecule has 0 aromatic heterocycles. The number of nitrogens with one attached hydrogen (secondary N) is 1. The third kappa shape index (κ3) is 2.25. The first kappa shape index (κ1) is 10.6. The largest absolute Gasteiger partial charge is 0.493 e. The van der Waals surface area contributed by atoms with Crippen molar-refractivity contribution in [3.63, 3.8) is 0 Å². The lowest BCUT2D eigenvalue weighted by Crippen LogP contribution is -2.22. The molecule has 86 valence electrons. The van der Waals surface area contributed by atoms with Crippen LogP contribution in [0.2, 0.25) is 0 Å². The van der Waals surface area contributed by atoms with Crippen LogP contribution in [0, 0.1) is 0 Å². The molecule has 0 saturated heterocycles. The third-order valence-corrected chi connectivity index (χ3v) is 3.75. The van der Waals surface area contributed by atoms with Crippen molar-refractivity contribution in [3.05, 3.63) is 28.2 Å². The quantitative estimate of drug-likeness (QED) is 0.897. The Morgan fingerprint density at radius 1 is 1.25 bits per heavy atom. The summed E-state index contributed by atoms with van der Waals surface area (Å²) in [6.07, 6.45) is 4.99. The fourth-order valence-electron chi connectivity index (χ4n) is 2.25. The molecule has 0 bridgehead atoms. The van der Waals surface area contributed by atoms with E-state index >= 15 is 0 Å². The molecule has 1 aliphatic carbocycles. The molecule has 1 fully saturated rings. The highest BCUT2D eigenvalue weighted by Crippen LogP contribution is 2.35. The number of rotatable bonds is 2. The number of fused-ring (bicyclic) bond motifs is 1. The van der Waals surface area contributed by atoms with E-state index in [4.69, 9.17) is 4.74 Å². The second-order valence-electron chi connectivity index (χ2n) is 4.67. The van der Waals surface area contributed by atoms with Gasteiger partial charge in [-0.15, -0.1) is 0 Å². The predicted molar refractivity (Wildman–Crippen MR) is 67.8 cm³/mol. The SMILES string of the molecule is Brc1ccc2c(c1)OCCCC2NC1CC1. The normalized spacial score (nSPS) is 24.4. The summed E-state index contributed by atoms with van der Waals surface area (Å²) in [7, 11) is 0. The number of hydrogen-bond donors (Lipinski definition) is 1. The van der Waals surface area contributed by atoms with E-state index < -0.39 is 0 Å². The molecule has 1 aliphatic heterocycles. The van der Waals surface area contributed by atoms with E-state index in [0.717, 1.165) is 29.3 Å². The van der Waals surface area contributed by atoms with Crippen LogP contribution in [0.25, 0.3) is 0 Å². The molecule has 1 aromatic carbocycles. The Morgan fingerprint density at radius 3 is 2.94 bits per heavy atom. The molecule has 1 aromatic rings. The van der Waals surface area contributed by atoms with E-state index in [1.165, 1.54) is 24.8 Å².